The van der Waals surface area contributed by atoms with Crippen molar-refractivity contribution < 1.29 is 4.42 Å². The van der Waals surface area contributed by atoms with Crippen LogP contribution in [0.25, 0.3) is 16.9 Å². The summed E-state index contributed by atoms with van der Waals surface area (Å²) in [4.78, 5) is 0. The molecule has 0 amide bonds. The summed E-state index contributed by atoms with van der Waals surface area (Å²) in [5, 5.41) is 9.62. The highest BCUT2D eigenvalue weighted by molar-refractivity contribution is 6.31. The molecule has 0 saturated heterocycles. The summed E-state index contributed by atoms with van der Waals surface area (Å²) in [7, 11) is 0. The Morgan fingerprint density at radius 3 is 2.52 bits per heavy atom. The van der Waals surface area contributed by atoms with E-state index in [0.29, 0.717) is 27.9 Å². The van der Waals surface area contributed by atoms with Gasteiger partial charge in [0.15, 0.2) is 5.58 Å². The first kappa shape index (κ1) is 12.7. The van der Waals surface area contributed by atoms with Crippen LogP contribution in [0.5, 0.6) is 0 Å². The molecule has 0 unspecified atom stereocenters. The molecule has 0 aliphatic carbocycles. The van der Waals surface area contributed by atoms with Gasteiger partial charge in [-0.25, -0.2) is 4.40 Å². The summed E-state index contributed by atoms with van der Waals surface area (Å²) in [6.45, 7) is 0. The van der Waals surface area contributed by atoms with Gasteiger partial charge < -0.3 is 4.42 Å². The Balaban J connectivity index is 1.85. The predicted octanol–water partition coefficient (Wildman–Crippen LogP) is 4.37. The third kappa shape index (κ3) is 2.17. The van der Waals surface area contributed by atoms with E-state index in [1.165, 1.54) is 0 Å². The fourth-order valence-electron chi connectivity index (χ4n) is 2.36. The minimum atomic E-state index is 0.469. The zero-order valence-electron chi connectivity index (χ0n) is 10.8. The van der Waals surface area contributed by atoms with Gasteiger partial charge in [-0.1, -0.05) is 40.4 Å². The number of benzene rings is 2. The molecule has 0 aliphatic heterocycles. The Bertz CT molecular complexity index is 941. The number of hydrogen-bond acceptors (Lipinski definition) is 3. The summed E-state index contributed by atoms with van der Waals surface area (Å²) < 4.78 is 7.56. The van der Waals surface area contributed by atoms with Crippen LogP contribution in [-0.4, -0.2) is 14.6 Å². The standard InChI is InChI=1S/C15H9Cl2N3O/c16-10-3-1-9(2-4-10)7-14-18-19-15-20(14)12-6-5-11(17)8-13(12)21-15/h1-6,8H,7H2. The molecule has 0 atom stereocenters. The lowest BCUT2D eigenvalue weighted by Crippen LogP contribution is -1.95. The van der Waals surface area contributed by atoms with Crippen molar-refractivity contribution >= 4 is 40.1 Å². The number of fused-ring (bicyclic) bond motifs is 3. The Morgan fingerprint density at radius 1 is 0.952 bits per heavy atom. The summed E-state index contributed by atoms with van der Waals surface area (Å²) in [6.07, 6.45) is 0.648. The summed E-state index contributed by atoms with van der Waals surface area (Å²) in [5.41, 5.74) is 2.71. The average molecular weight is 318 g/mol. The van der Waals surface area contributed by atoms with Gasteiger partial charge in [-0.3, -0.25) is 0 Å². The minimum absolute atomic E-state index is 0.469. The van der Waals surface area contributed by atoms with Crippen LogP contribution in [-0.2, 0) is 6.42 Å². The number of halogens is 2. The fourth-order valence-corrected chi connectivity index (χ4v) is 2.65. The largest absolute Gasteiger partial charge is 0.422 e. The molecule has 2 aromatic carbocycles. The fraction of sp³-hybridized carbons (Fsp3) is 0.0667. The second kappa shape index (κ2) is 4.76. The second-order valence-corrected chi connectivity index (χ2v) is 5.62. The molecule has 6 heteroatoms. The van der Waals surface area contributed by atoms with Crippen LogP contribution in [0.4, 0.5) is 0 Å². The zero-order chi connectivity index (χ0) is 14.4. The highest BCUT2D eigenvalue weighted by atomic mass is 35.5. The third-order valence-corrected chi connectivity index (χ3v) is 3.83. The van der Waals surface area contributed by atoms with Crippen molar-refractivity contribution in [2.75, 3.05) is 0 Å². The van der Waals surface area contributed by atoms with Crippen LogP contribution in [0.15, 0.2) is 46.9 Å². The predicted molar refractivity (Wildman–Crippen MR) is 82.0 cm³/mol. The number of hydrogen-bond donors (Lipinski definition) is 0. The molecule has 0 bridgehead atoms. The number of oxazole rings is 1. The Morgan fingerprint density at radius 2 is 1.71 bits per heavy atom. The molecule has 21 heavy (non-hydrogen) atoms. The van der Waals surface area contributed by atoms with Crippen molar-refractivity contribution in [3.05, 3.63) is 63.9 Å². The van der Waals surface area contributed by atoms with E-state index < -0.39 is 0 Å². The van der Waals surface area contributed by atoms with Gasteiger partial charge in [-0.15, -0.1) is 5.10 Å². The first-order valence-electron chi connectivity index (χ1n) is 6.37. The monoisotopic (exact) mass is 317 g/mol. The Hall–Kier alpha value is -2.04. The molecule has 2 heterocycles. The first-order valence-corrected chi connectivity index (χ1v) is 7.13. The average Bonchev–Trinajstić information content (AvgIpc) is 3.00. The normalized spacial score (nSPS) is 11.5. The SMILES string of the molecule is Clc1ccc(Cc2nnc3oc4cc(Cl)ccc4n23)cc1. The van der Waals surface area contributed by atoms with E-state index in [2.05, 4.69) is 10.2 Å². The van der Waals surface area contributed by atoms with Crippen LogP contribution in [0.2, 0.25) is 10.0 Å². The van der Waals surface area contributed by atoms with E-state index in [1.807, 2.05) is 40.8 Å². The lowest BCUT2D eigenvalue weighted by molar-refractivity contribution is 0.637. The number of nitrogens with zero attached hydrogens (tertiary/aromatic N) is 3. The van der Waals surface area contributed by atoms with Crippen molar-refractivity contribution in [1.29, 1.82) is 0 Å². The molecular weight excluding hydrogens is 309 g/mol. The highest BCUT2D eigenvalue weighted by Crippen LogP contribution is 2.24. The quantitative estimate of drug-likeness (QED) is 0.551. The molecule has 0 saturated carbocycles. The van der Waals surface area contributed by atoms with Gasteiger partial charge in [0, 0.05) is 22.5 Å². The van der Waals surface area contributed by atoms with Crippen molar-refractivity contribution in [3.8, 4) is 0 Å². The minimum Gasteiger partial charge on any atom is -0.422 e. The van der Waals surface area contributed by atoms with Gasteiger partial charge in [0.25, 0.3) is 0 Å². The molecular formula is C15H9Cl2N3O. The van der Waals surface area contributed by atoms with Crippen molar-refractivity contribution in [1.82, 2.24) is 14.6 Å². The molecule has 104 valence electrons. The van der Waals surface area contributed by atoms with Gasteiger partial charge in [-0.2, -0.15) is 0 Å². The van der Waals surface area contributed by atoms with Crippen LogP contribution < -0.4 is 0 Å². The summed E-state index contributed by atoms with van der Waals surface area (Å²) in [5.74, 6) is 1.28. The van der Waals surface area contributed by atoms with Gasteiger partial charge in [0.1, 0.15) is 5.82 Å². The van der Waals surface area contributed by atoms with E-state index in [1.54, 1.807) is 6.07 Å². The van der Waals surface area contributed by atoms with E-state index in [4.69, 9.17) is 27.6 Å². The molecule has 4 nitrogen and oxygen atoms in total. The molecule has 0 spiro atoms. The topological polar surface area (TPSA) is 43.3 Å². The lowest BCUT2D eigenvalue weighted by Gasteiger charge is -2.00. The van der Waals surface area contributed by atoms with Crippen LogP contribution >= 0.6 is 23.2 Å². The Labute approximate surface area is 129 Å². The van der Waals surface area contributed by atoms with Crippen LogP contribution in [0, 0.1) is 0 Å². The van der Waals surface area contributed by atoms with Gasteiger partial charge in [-0.05, 0) is 29.8 Å². The molecule has 0 fully saturated rings. The second-order valence-electron chi connectivity index (χ2n) is 4.75. The van der Waals surface area contributed by atoms with Gasteiger partial charge >= 0.3 is 5.84 Å². The molecule has 0 aliphatic rings. The maximum Gasteiger partial charge on any atom is 0.327 e. The zero-order valence-corrected chi connectivity index (χ0v) is 12.3. The maximum absolute atomic E-state index is 5.98. The van der Waals surface area contributed by atoms with Crippen LogP contribution in [0.1, 0.15) is 11.4 Å². The number of rotatable bonds is 2. The first-order chi connectivity index (χ1) is 10.2. The van der Waals surface area contributed by atoms with Gasteiger partial charge in [0.05, 0.1) is 5.52 Å². The summed E-state index contributed by atoms with van der Waals surface area (Å²) in [6, 6.07) is 13.2. The molecule has 0 N–H and O–H groups in total. The smallest absolute Gasteiger partial charge is 0.327 e. The number of aromatic nitrogens is 3. The van der Waals surface area contributed by atoms with E-state index in [9.17, 15) is 0 Å². The van der Waals surface area contributed by atoms with Crippen molar-refractivity contribution in [3.63, 3.8) is 0 Å². The highest BCUT2D eigenvalue weighted by Gasteiger charge is 2.14. The van der Waals surface area contributed by atoms with E-state index in [0.717, 1.165) is 16.9 Å². The molecule has 0 radical (unpaired) electrons. The maximum atomic E-state index is 5.98. The molecule has 4 aromatic rings. The summed E-state index contributed by atoms with van der Waals surface area (Å²) >= 11 is 11.9. The van der Waals surface area contributed by atoms with Gasteiger partial charge in [0.2, 0.25) is 0 Å². The Kier molecular flexibility index (Phi) is 2.87. The third-order valence-electron chi connectivity index (χ3n) is 3.34. The molecule has 4 rings (SSSR count). The van der Waals surface area contributed by atoms with Crippen molar-refractivity contribution in [2.45, 2.75) is 6.42 Å². The van der Waals surface area contributed by atoms with Crippen LogP contribution in [0.3, 0.4) is 0 Å². The van der Waals surface area contributed by atoms with E-state index >= 15 is 0 Å². The van der Waals surface area contributed by atoms with E-state index in [-0.39, 0.29) is 0 Å². The molecule has 2 aromatic heterocycles. The lowest BCUT2D eigenvalue weighted by atomic mass is 10.1. The van der Waals surface area contributed by atoms with Crippen molar-refractivity contribution in [2.24, 2.45) is 0 Å².